The first-order chi connectivity index (χ1) is 12.2. The molecule has 4 heteroatoms. The topological polar surface area (TPSA) is 52.6 Å². The fourth-order valence-corrected chi connectivity index (χ4v) is 2.27. The number of carbonyl (C=O) groups is 2. The second kappa shape index (κ2) is 18.8. The van der Waals surface area contributed by atoms with E-state index in [1.807, 2.05) is 6.92 Å². The van der Waals surface area contributed by atoms with Gasteiger partial charge < -0.3 is 9.47 Å². The number of hydrogen-bond acceptors (Lipinski definition) is 4. The highest BCUT2D eigenvalue weighted by Crippen LogP contribution is 2.07. The van der Waals surface area contributed by atoms with Gasteiger partial charge in [-0.05, 0) is 25.7 Å². The number of ether oxygens (including phenoxy) is 2. The highest BCUT2D eigenvalue weighted by molar-refractivity contribution is 5.72. The molecule has 0 aromatic carbocycles. The zero-order valence-electron chi connectivity index (χ0n) is 16.2. The van der Waals surface area contributed by atoms with Gasteiger partial charge in [-0.3, -0.25) is 9.59 Å². The van der Waals surface area contributed by atoms with E-state index in [0.29, 0.717) is 32.5 Å². The summed E-state index contributed by atoms with van der Waals surface area (Å²) >= 11 is 0. The van der Waals surface area contributed by atoms with E-state index in [4.69, 9.17) is 9.47 Å². The monoisotopic (exact) mass is 352 g/mol. The molecule has 0 aliphatic carbocycles. The van der Waals surface area contributed by atoms with E-state index in [1.165, 1.54) is 25.7 Å². The standard InChI is InChI=1S/C21H36O4/c1-3-5-7-8-9-10-11-12-13-14-19-25-21(23)17-15-16-20(22)24-18-6-4-2/h3-4,6,8-19H2,1-2H3. The third kappa shape index (κ3) is 18.7. The Bertz CT molecular complexity index is 392. The predicted octanol–water partition coefficient (Wildman–Crippen LogP) is 5.19. The van der Waals surface area contributed by atoms with Crippen LogP contribution in [0, 0.1) is 11.8 Å². The Morgan fingerprint density at radius 2 is 1.24 bits per heavy atom. The maximum atomic E-state index is 11.6. The Hall–Kier alpha value is -1.50. The largest absolute Gasteiger partial charge is 0.466 e. The molecule has 0 atom stereocenters. The van der Waals surface area contributed by atoms with Crippen molar-refractivity contribution in [2.75, 3.05) is 13.2 Å². The van der Waals surface area contributed by atoms with Crippen LogP contribution in [0.5, 0.6) is 0 Å². The maximum Gasteiger partial charge on any atom is 0.305 e. The van der Waals surface area contributed by atoms with Crippen molar-refractivity contribution in [2.24, 2.45) is 0 Å². The van der Waals surface area contributed by atoms with Gasteiger partial charge in [0.1, 0.15) is 0 Å². The van der Waals surface area contributed by atoms with Crippen molar-refractivity contribution in [1.29, 1.82) is 0 Å². The summed E-state index contributed by atoms with van der Waals surface area (Å²) in [5.41, 5.74) is 0. The van der Waals surface area contributed by atoms with Crippen LogP contribution in [0.25, 0.3) is 0 Å². The van der Waals surface area contributed by atoms with Gasteiger partial charge >= 0.3 is 11.9 Å². The van der Waals surface area contributed by atoms with Crippen LogP contribution < -0.4 is 0 Å². The third-order valence-corrected chi connectivity index (χ3v) is 3.78. The second-order valence-corrected chi connectivity index (χ2v) is 6.23. The molecule has 0 fully saturated rings. The number of unbranched alkanes of at least 4 members (excludes halogenated alkanes) is 7. The lowest BCUT2D eigenvalue weighted by atomic mass is 10.1. The smallest absolute Gasteiger partial charge is 0.305 e. The molecule has 0 aliphatic rings. The molecular formula is C21H36O4. The van der Waals surface area contributed by atoms with Gasteiger partial charge in [0.05, 0.1) is 13.2 Å². The van der Waals surface area contributed by atoms with Gasteiger partial charge in [-0.15, -0.1) is 11.8 Å². The van der Waals surface area contributed by atoms with Gasteiger partial charge in [-0.25, -0.2) is 0 Å². The van der Waals surface area contributed by atoms with Gasteiger partial charge in [-0.2, -0.15) is 0 Å². The molecule has 0 rings (SSSR count). The molecule has 0 heterocycles. The van der Waals surface area contributed by atoms with Gasteiger partial charge in [0.2, 0.25) is 0 Å². The Morgan fingerprint density at radius 1 is 0.680 bits per heavy atom. The van der Waals surface area contributed by atoms with Crippen LogP contribution >= 0.6 is 0 Å². The van der Waals surface area contributed by atoms with E-state index in [9.17, 15) is 9.59 Å². The average Bonchev–Trinajstić information content (AvgIpc) is 2.60. The average molecular weight is 353 g/mol. The zero-order chi connectivity index (χ0) is 18.6. The lowest BCUT2D eigenvalue weighted by molar-refractivity contribution is -0.145. The van der Waals surface area contributed by atoms with Gasteiger partial charge in [-0.1, -0.05) is 46.0 Å². The summed E-state index contributed by atoms with van der Waals surface area (Å²) in [4.78, 5) is 22.9. The Balaban J connectivity index is 3.31. The van der Waals surface area contributed by atoms with Crippen LogP contribution in [-0.4, -0.2) is 25.2 Å². The molecule has 4 nitrogen and oxygen atoms in total. The quantitative estimate of drug-likeness (QED) is 0.231. The fourth-order valence-electron chi connectivity index (χ4n) is 2.27. The van der Waals surface area contributed by atoms with Gasteiger partial charge in [0.25, 0.3) is 0 Å². The van der Waals surface area contributed by atoms with Crippen molar-refractivity contribution < 1.29 is 19.1 Å². The molecule has 0 aromatic heterocycles. The van der Waals surface area contributed by atoms with E-state index in [2.05, 4.69) is 18.8 Å². The summed E-state index contributed by atoms with van der Waals surface area (Å²) < 4.78 is 10.2. The minimum atomic E-state index is -0.220. The van der Waals surface area contributed by atoms with Crippen LogP contribution in [0.2, 0.25) is 0 Å². The highest BCUT2D eigenvalue weighted by Gasteiger charge is 2.07. The summed E-state index contributed by atoms with van der Waals surface area (Å²) in [7, 11) is 0. The Labute approximate surface area is 154 Å². The molecule has 25 heavy (non-hydrogen) atoms. The number of carbonyl (C=O) groups excluding carboxylic acids is 2. The minimum Gasteiger partial charge on any atom is -0.466 e. The molecule has 0 saturated carbocycles. The first-order valence-corrected chi connectivity index (χ1v) is 9.97. The molecule has 0 N–H and O–H groups in total. The highest BCUT2D eigenvalue weighted by atomic mass is 16.5. The molecule has 0 aromatic rings. The van der Waals surface area contributed by atoms with E-state index >= 15 is 0 Å². The molecule has 0 radical (unpaired) electrons. The third-order valence-electron chi connectivity index (χ3n) is 3.78. The van der Waals surface area contributed by atoms with Crippen molar-refractivity contribution in [3.8, 4) is 11.8 Å². The molecule has 0 bridgehead atoms. The fraction of sp³-hybridized carbons (Fsp3) is 0.810. The molecule has 0 saturated heterocycles. The van der Waals surface area contributed by atoms with Crippen LogP contribution in [-0.2, 0) is 19.1 Å². The summed E-state index contributed by atoms with van der Waals surface area (Å²) in [6.45, 7) is 5.09. The number of rotatable bonds is 15. The molecule has 0 amide bonds. The van der Waals surface area contributed by atoms with E-state index in [0.717, 1.165) is 38.5 Å². The van der Waals surface area contributed by atoms with E-state index in [-0.39, 0.29) is 11.9 Å². The Morgan fingerprint density at radius 3 is 1.84 bits per heavy atom. The van der Waals surface area contributed by atoms with Crippen molar-refractivity contribution in [1.82, 2.24) is 0 Å². The van der Waals surface area contributed by atoms with E-state index < -0.39 is 0 Å². The number of hydrogen-bond donors (Lipinski definition) is 0. The molecule has 0 spiro atoms. The maximum absolute atomic E-state index is 11.6. The Kier molecular flexibility index (Phi) is 17.7. The zero-order valence-corrected chi connectivity index (χ0v) is 16.2. The van der Waals surface area contributed by atoms with Crippen molar-refractivity contribution in [3.05, 3.63) is 0 Å². The predicted molar refractivity (Wildman–Crippen MR) is 101 cm³/mol. The van der Waals surface area contributed by atoms with Crippen LogP contribution in [0.4, 0.5) is 0 Å². The molecule has 0 aliphatic heterocycles. The van der Waals surface area contributed by atoms with Crippen LogP contribution in [0.3, 0.4) is 0 Å². The van der Waals surface area contributed by atoms with Gasteiger partial charge in [0, 0.05) is 25.7 Å². The van der Waals surface area contributed by atoms with Crippen molar-refractivity contribution in [2.45, 2.75) is 97.3 Å². The summed E-state index contributed by atoms with van der Waals surface area (Å²) in [5.74, 6) is 5.81. The molecular weight excluding hydrogens is 316 g/mol. The SMILES string of the molecule is CCC#CCCCCCCCCOC(=O)CCCC(=O)OCCCC. The van der Waals surface area contributed by atoms with Crippen molar-refractivity contribution >= 4 is 11.9 Å². The first-order valence-electron chi connectivity index (χ1n) is 9.97. The van der Waals surface area contributed by atoms with Crippen LogP contribution in [0.15, 0.2) is 0 Å². The van der Waals surface area contributed by atoms with Crippen molar-refractivity contribution in [3.63, 3.8) is 0 Å². The summed E-state index contributed by atoms with van der Waals surface area (Å²) in [5, 5.41) is 0. The summed E-state index contributed by atoms with van der Waals surface area (Å²) in [6.07, 6.45) is 11.8. The number of esters is 2. The minimum absolute atomic E-state index is 0.212. The molecule has 0 unspecified atom stereocenters. The van der Waals surface area contributed by atoms with Crippen LogP contribution in [0.1, 0.15) is 97.3 Å². The van der Waals surface area contributed by atoms with E-state index in [1.54, 1.807) is 0 Å². The first kappa shape index (κ1) is 23.5. The lowest BCUT2D eigenvalue weighted by Gasteiger charge is -2.05. The summed E-state index contributed by atoms with van der Waals surface area (Å²) in [6, 6.07) is 0. The second-order valence-electron chi connectivity index (χ2n) is 6.23. The molecule has 144 valence electrons. The lowest BCUT2D eigenvalue weighted by Crippen LogP contribution is -2.09. The normalized spacial score (nSPS) is 10.0. The van der Waals surface area contributed by atoms with Gasteiger partial charge in [0.15, 0.2) is 0 Å².